The van der Waals surface area contributed by atoms with Gasteiger partial charge in [-0.3, -0.25) is 14.4 Å². The topological polar surface area (TPSA) is 95.9 Å². The first kappa shape index (κ1) is 18.5. The molecule has 0 radical (unpaired) electrons. The van der Waals surface area contributed by atoms with Crippen molar-refractivity contribution < 1.29 is 24.2 Å². The zero-order valence-corrected chi connectivity index (χ0v) is 13.6. The summed E-state index contributed by atoms with van der Waals surface area (Å²) in [7, 11) is 4.77. The second-order valence-corrected chi connectivity index (χ2v) is 5.26. The Morgan fingerprint density at radius 1 is 1.17 bits per heavy atom. The monoisotopic (exact) mass is 322 g/mol. The fraction of sp³-hybridized carbons (Fsp3) is 0.438. The van der Waals surface area contributed by atoms with Gasteiger partial charge in [0.1, 0.15) is 5.75 Å². The van der Waals surface area contributed by atoms with E-state index in [1.165, 1.54) is 12.0 Å². The highest BCUT2D eigenvalue weighted by Crippen LogP contribution is 2.26. The van der Waals surface area contributed by atoms with Crippen LogP contribution in [0.2, 0.25) is 0 Å². The number of hydrogen-bond acceptors (Lipinski definition) is 4. The minimum atomic E-state index is -0.873. The Labute approximate surface area is 135 Å². The summed E-state index contributed by atoms with van der Waals surface area (Å²) in [5, 5.41) is 11.3. The van der Waals surface area contributed by atoms with E-state index in [2.05, 4.69) is 5.32 Å². The van der Waals surface area contributed by atoms with E-state index in [4.69, 9.17) is 9.84 Å². The Kier molecular flexibility index (Phi) is 7.05. The van der Waals surface area contributed by atoms with Gasteiger partial charge < -0.3 is 20.1 Å². The summed E-state index contributed by atoms with van der Waals surface area (Å²) in [6.45, 7) is 0. The lowest BCUT2D eigenvalue weighted by molar-refractivity contribution is -0.137. The van der Waals surface area contributed by atoms with E-state index < -0.39 is 5.97 Å². The summed E-state index contributed by atoms with van der Waals surface area (Å²) >= 11 is 0. The Morgan fingerprint density at radius 3 is 2.39 bits per heavy atom. The maximum absolute atomic E-state index is 12.0. The first-order chi connectivity index (χ1) is 10.8. The number of methoxy groups -OCH3 is 1. The van der Waals surface area contributed by atoms with E-state index in [9.17, 15) is 14.4 Å². The van der Waals surface area contributed by atoms with Crippen molar-refractivity contribution in [3.05, 3.63) is 23.8 Å². The van der Waals surface area contributed by atoms with Crippen LogP contribution in [0.25, 0.3) is 0 Å². The molecule has 0 aliphatic carbocycles. The van der Waals surface area contributed by atoms with Crippen LogP contribution in [0.4, 0.5) is 5.69 Å². The Balaban J connectivity index is 2.73. The van der Waals surface area contributed by atoms with Crippen molar-refractivity contribution in [2.75, 3.05) is 26.5 Å². The number of aliphatic carboxylic acids is 1. The Morgan fingerprint density at radius 2 is 1.83 bits per heavy atom. The van der Waals surface area contributed by atoms with Crippen LogP contribution in [-0.4, -0.2) is 49.0 Å². The predicted molar refractivity (Wildman–Crippen MR) is 85.7 cm³/mol. The number of carboxylic acid groups (broad SMARTS) is 1. The molecule has 0 atom stereocenters. The first-order valence-corrected chi connectivity index (χ1v) is 7.26. The zero-order chi connectivity index (χ0) is 17.4. The van der Waals surface area contributed by atoms with Crippen molar-refractivity contribution in [2.45, 2.75) is 25.7 Å². The fourth-order valence-electron chi connectivity index (χ4n) is 1.97. The number of amides is 2. The molecule has 1 aromatic carbocycles. The van der Waals surface area contributed by atoms with Gasteiger partial charge in [-0.05, 0) is 31.0 Å². The molecule has 2 N–H and O–H groups in total. The average molecular weight is 322 g/mol. The molecule has 7 nitrogen and oxygen atoms in total. The van der Waals surface area contributed by atoms with Gasteiger partial charge in [-0.1, -0.05) is 0 Å². The number of benzene rings is 1. The summed E-state index contributed by atoms with van der Waals surface area (Å²) in [5.41, 5.74) is 0.861. The van der Waals surface area contributed by atoms with Gasteiger partial charge in [-0.2, -0.15) is 0 Å². The molecule has 2 amide bonds. The molecule has 0 saturated heterocycles. The third-order valence-electron chi connectivity index (χ3n) is 3.17. The predicted octanol–water partition coefficient (Wildman–Crippen LogP) is 1.98. The van der Waals surface area contributed by atoms with Crippen molar-refractivity contribution in [1.82, 2.24) is 4.90 Å². The molecule has 0 fully saturated rings. The van der Waals surface area contributed by atoms with Crippen LogP contribution in [-0.2, 0) is 9.59 Å². The zero-order valence-electron chi connectivity index (χ0n) is 13.6. The highest BCUT2D eigenvalue weighted by molar-refractivity contribution is 5.98. The number of nitrogens with zero attached hydrogens (tertiary/aromatic N) is 1. The number of nitrogens with one attached hydrogen (secondary N) is 1. The molecule has 0 heterocycles. The van der Waals surface area contributed by atoms with Gasteiger partial charge in [-0.25, -0.2) is 0 Å². The smallest absolute Gasteiger partial charge is 0.303 e. The SMILES string of the molecule is COc1ccc(C(=O)N(C)C)cc1NC(=O)CCCCC(=O)O. The second kappa shape index (κ2) is 8.77. The molecule has 0 bridgehead atoms. The number of hydrogen-bond donors (Lipinski definition) is 2. The molecule has 0 spiro atoms. The number of carboxylic acids is 1. The molecule has 7 heteroatoms. The number of carbonyl (C=O) groups excluding carboxylic acids is 2. The Bertz CT molecular complexity index is 584. The van der Waals surface area contributed by atoms with Crippen LogP contribution in [0.15, 0.2) is 18.2 Å². The van der Waals surface area contributed by atoms with Gasteiger partial charge in [0.05, 0.1) is 12.8 Å². The van der Waals surface area contributed by atoms with E-state index in [1.54, 1.807) is 32.3 Å². The fourth-order valence-corrected chi connectivity index (χ4v) is 1.97. The van der Waals surface area contributed by atoms with E-state index >= 15 is 0 Å². The van der Waals surface area contributed by atoms with Crippen LogP contribution in [0.5, 0.6) is 5.75 Å². The quantitative estimate of drug-likeness (QED) is 0.713. The summed E-state index contributed by atoms with van der Waals surface area (Å²) in [5.74, 6) is -0.839. The molecule has 23 heavy (non-hydrogen) atoms. The molecule has 0 aliphatic heterocycles. The third kappa shape index (κ3) is 5.98. The lowest BCUT2D eigenvalue weighted by atomic mass is 10.1. The second-order valence-electron chi connectivity index (χ2n) is 5.26. The standard InChI is InChI=1S/C16H22N2O5/c1-18(2)16(22)11-8-9-13(23-3)12(10-11)17-14(19)6-4-5-7-15(20)21/h8-10H,4-7H2,1-3H3,(H,17,19)(H,20,21). The lowest BCUT2D eigenvalue weighted by Gasteiger charge is -2.14. The largest absolute Gasteiger partial charge is 0.495 e. The van der Waals surface area contributed by atoms with Crippen LogP contribution in [0.1, 0.15) is 36.0 Å². The number of rotatable bonds is 8. The van der Waals surface area contributed by atoms with Gasteiger partial charge in [0, 0.05) is 32.5 Å². The maximum atomic E-state index is 12.0. The van der Waals surface area contributed by atoms with Crippen LogP contribution in [0.3, 0.4) is 0 Å². The van der Waals surface area contributed by atoms with Crippen molar-refractivity contribution in [3.8, 4) is 5.75 Å². The number of ether oxygens (including phenoxy) is 1. The molecule has 1 rings (SSSR count). The molecular formula is C16H22N2O5. The van der Waals surface area contributed by atoms with Gasteiger partial charge >= 0.3 is 5.97 Å². The number of anilines is 1. The summed E-state index contributed by atoms with van der Waals surface area (Å²) in [4.78, 5) is 35.8. The molecule has 0 unspecified atom stereocenters. The van der Waals surface area contributed by atoms with Gasteiger partial charge in [0.15, 0.2) is 0 Å². The molecule has 0 saturated carbocycles. The minimum absolute atomic E-state index is 0.0451. The lowest BCUT2D eigenvalue weighted by Crippen LogP contribution is -2.22. The third-order valence-corrected chi connectivity index (χ3v) is 3.17. The van der Waals surface area contributed by atoms with Crippen molar-refractivity contribution in [2.24, 2.45) is 0 Å². The van der Waals surface area contributed by atoms with Crippen LogP contribution >= 0.6 is 0 Å². The molecule has 126 valence electrons. The normalized spacial score (nSPS) is 10.0. The highest BCUT2D eigenvalue weighted by Gasteiger charge is 2.13. The maximum Gasteiger partial charge on any atom is 0.303 e. The average Bonchev–Trinajstić information content (AvgIpc) is 2.50. The Hall–Kier alpha value is -2.57. The van der Waals surface area contributed by atoms with Gasteiger partial charge in [-0.15, -0.1) is 0 Å². The van der Waals surface area contributed by atoms with E-state index in [0.29, 0.717) is 29.8 Å². The van der Waals surface area contributed by atoms with Crippen molar-refractivity contribution in [3.63, 3.8) is 0 Å². The van der Waals surface area contributed by atoms with Crippen molar-refractivity contribution >= 4 is 23.5 Å². The van der Waals surface area contributed by atoms with Gasteiger partial charge in [0.2, 0.25) is 5.91 Å². The minimum Gasteiger partial charge on any atom is -0.495 e. The van der Waals surface area contributed by atoms with E-state index in [-0.39, 0.29) is 24.7 Å². The highest BCUT2D eigenvalue weighted by atomic mass is 16.5. The van der Waals surface area contributed by atoms with E-state index in [1.807, 2.05) is 0 Å². The van der Waals surface area contributed by atoms with Crippen LogP contribution in [0, 0.1) is 0 Å². The summed E-state index contributed by atoms with van der Waals surface area (Å²) in [6, 6.07) is 4.82. The van der Waals surface area contributed by atoms with Crippen molar-refractivity contribution in [1.29, 1.82) is 0 Å². The number of carbonyl (C=O) groups is 3. The van der Waals surface area contributed by atoms with Crippen LogP contribution < -0.4 is 10.1 Å². The van der Waals surface area contributed by atoms with E-state index in [0.717, 1.165) is 0 Å². The molecule has 1 aromatic rings. The summed E-state index contributed by atoms with van der Waals surface area (Å²) in [6.07, 6.45) is 1.18. The number of unbranched alkanes of at least 4 members (excludes halogenated alkanes) is 1. The summed E-state index contributed by atoms with van der Waals surface area (Å²) < 4.78 is 5.18. The molecular weight excluding hydrogens is 300 g/mol. The first-order valence-electron chi connectivity index (χ1n) is 7.26. The molecule has 0 aromatic heterocycles. The van der Waals surface area contributed by atoms with Gasteiger partial charge in [0.25, 0.3) is 5.91 Å². The molecule has 0 aliphatic rings.